The SMILES string of the molecule is COc1cc(C=C(C)[N+](=O)[O-])cc(OC)c1OC1CCC1. The van der Waals surface area contributed by atoms with Crippen LogP contribution in [0.3, 0.4) is 0 Å². The number of allylic oxidation sites excluding steroid dienone is 1. The quantitative estimate of drug-likeness (QED) is 0.594. The maximum atomic E-state index is 10.7. The molecule has 0 aromatic heterocycles. The lowest BCUT2D eigenvalue weighted by Crippen LogP contribution is -2.25. The van der Waals surface area contributed by atoms with Crippen LogP contribution in [-0.4, -0.2) is 25.2 Å². The standard InChI is InChI=1S/C15H19NO5/c1-10(16(17)18)7-11-8-13(19-2)15(14(9-11)20-3)21-12-5-4-6-12/h7-9,12H,4-6H2,1-3H3. The van der Waals surface area contributed by atoms with E-state index in [1.54, 1.807) is 12.1 Å². The Balaban J connectivity index is 2.37. The maximum Gasteiger partial charge on any atom is 0.243 e. The molecule has 2 rings (SSSR count). The first-order valence-electron chi connectivity index (χ1n) is 6.80. The second-order valence-electron chi connectivity index (χ2n) is 4.97. The average molecular weight is 293 g/mol. The minimum absolute atomic E-state index is 0.0479. The zero-order valence-electron chi connectivity index (χ0n) is 12.4. The number of methoxy groups -OCH3 is 2. The summed E-state index contributed by atoms with van der Waals surface area (Å²) in [5, 5.41) is 10.7. The van der Waals surface area contributed by atoms with Gasteiger partial charge in [-0.05, 0) is 37.0 Å². The third-order valence-electron chi connectivity index (χ3n) is 3.48. The summed E-state index contributed by atoms with van der Waals surface area (Å²) in [6.07, 6.45) is 4.87. The highest BCUT2D eigenvalue weighted by Gasteiger charge is 2.23. The molecule has 0 radical (unpaired) electrons. The molecule has 1 aliphatic carbocycles. The molecule has 1 aromatic carbocycles. The lowest BCUT2D eigenvalue weighted by molar-refractivity contribution is -0.422. The van der Waals surface area contributed by atoms with Crippen molar-refractivity contribution in [3.05, 3.63) is 33.5 Å². The molecule has 21 heavy (non-hydrogen) atoms. The van der Waals surface area contributed by atoms with Crippen LogP contribution in [-0.2, 0) is 0 Å². The van der Waals surface area contributed by atoms with Crippen LogP contribution in [0.4, 0.5) is 0 Å². The van der Waals surface area contributed by atoms with Crippen LogP contribution in [0.5, 0.6) is 17.2 Å². The Morgan fingerprint density at radius 3 is 2.24 bits per heavy atom. The molecule has 1 fully saturated rings. The van der Waals surface area contributed by atoms with Crippen LogP contribution >= 0.6 is 0 Å². The minimum atomic E-state index is -0.433. The zero-order chi connectivity index (χ0) is 15.4. The van der Waals surface area contributed by atoms with E-state index in [4.69, 9.17) is 14.2 Å². The summed E-state index contributed by atoms with van der Waals surface area (Å²) in [5.74, 6) is 1.59. The molecule has 0 amide bonds. The smallest absolute Gasteiger partial charge is 0.243 e. The van der Waals surface area contributed by atoms with E-state index in [0.29, 0.717) is 22.8 Å². The van der Waals surface area contributed by atoms with Crippen molar-refractivity contribution in [1.82, 2.24) is 0 Å². The summed E-state index contributed by atoms with van der Waals surface area (Å²) in [7, 11) is 3.08. The van der Waals surface area contributed by atoms with Gasteiger partial charge >= 0.3 is 0 Å². The monoisotopic (exact) mass is 293 g/mol. The van der Waals surface area contributed by atoms with Gasteiger partial charge in [0.2, 0.25) is 11.4 Å². The number of nitro groups is 1. The molecule has 1 saturated carbocycles. The van der Waals surface area contributed by atoms with Crippen molar-refractivity contribution in [3.8, 4) is 17.2 Å². The predicted molar refractivity (Wildman–Crippen MR) is 78.5 cm³/mol. The van der Waals surface area contributed by atoms with Crippen molar-refractivity contribution in [2.75, 3.05) is 14.2 Å². The molecule has 0 unspecified atom stereocenters. The van der Waals surface area contributed by atoms with Gasteiger partial charge in [0, 0.05) is 13.0 Å². The normalized spacial score (nSPS) is 15.3. The Morgan fingerprint density at radius 2 is 1.86 bits per heavy atom. The maximum absolute atomic E-state index is 10.7. The van der Waals surface area contributed by atoms with E-state index in [-0.39, 0.29) is 11.8 Å². The Bertz CT molecular complexity index is 538. The Hall–Kier alpha value is -2.24. The molecule has 1 aliphatic rings. The van der Waals surface area contributed by atoms with E-state index in [1.165, 1.54) is 27.2 Å². The number of benzene rings is 1. The molecule has 6 nitrogen and oxygen atoms in total. The van der Waals surface area contributed by atoms with E-state index in [9.17, 15) is 10.1 Å². The van der Waals surface area contributed by atoms with Gasteiger partial charge in [0.25, 0.3) is 0 Å². The highest BCUT2D eigenvalue weighted by molar-refractivity contribution is 5.62. The van der Waals surface area contributed by atoms with E-state index in [1.807, 2.05) is 0 Å². The van der Waals surface area contributed by atoms with Gasteiger partial charge in [0.05, 0.1) is 25.2 Å². The molecule has 0 N–H and O–H groups in total. The van der Waals surface area contributed by atoms with Crippen molar-refractivity contribution in [2.45, 2.75) is 32.3 Å². The first kappa shape index (κ1) is 15.2. The molecule has 0 aliphatic heterocycles. The molecular formula is C15H19NO5. The molecule has 0 saturated heterocycles. The third-order valence-corrected chi connectivity index (χ3v) is 3.48. The Labute approximate surface area is 123 Å². The van der Waals surface area contributed by atoms with Gasteiger partial charge in [-0.1, -0.05) is 0 Å². The summed E-state index contributed by atoms with van der Waals surface area (Å²) in [5.41, 5.74) is 0.686. The van der Waals surface area contributed by atoms with E-state index >= 15 is 0 Å². The van der Waals surface area contributed by atoms with Crippen molar-refractivity contribution in [1.29, 1.82) is 0 Å². The third kappa shape index (κ3) is 3.45. The first-order valence-corrected chi connectivity index (χ1v) is 6.80. The van der Waals surface area contributed by atoms with E-state index in [2.05, 4.69) is 0 Å². The van der Waals surface area contributed by atoms with E-state index < -0.39 is 4.92 Å². The molecule has 0 atom stereocenters. The number of ether oxygens (including phenoxy) is 3. The summed E-state index contributed by atoms with van der Waals surface area (Å²) in [4.78, 5) is 10.3. The molecule has 0 spiro atoms. The average Bonchev–Trinajstić information content (AvgIpc) is 2.42. The van der Waals surface area contributed by atoms with Crippen LogP contribution in [0.1, 0.15) is 31.7 Å². The number of nitrogens with zero attached hydrogens (tertiary/aromatic N) is 1. The van der Waals surface area contributed by atoms with Gasteiger partial charge < -0.3 is 14.2 Å². The molecule has 0 heterocycles. The fourth-order valence-electron chi connectivity index (χ4n) is 2.05. The fourth-order valence-corrected chi connectivity index (χ4v) is 2.05. The van der Waals surface area contributed by atoms with Crippen LogP contribution in [0, 0.1) is 10.1 Å². The lowest BCUT2D eigenvalue weighted by atomic mass is 9.96. The molecule has 6 heteroatoms. The van der Waals surface area contributed by atoms with Gasteiger partial charge in [-0.25, -0.2) is 0 Å². The molecule has 0 bridgehead atoms. The van der Waals surface area contributed by atoms with Crippen molar-refractivity contribution >= 4 is 6.08 Å². The largest absolute Gasteiger partial charge is 0.493 e. The van der Waals surface area contributed by atoms with Crippen LogP contribution in [0.2, 0.25) is 0 Å². The molecule has 1 aromatic rings. The highest BCUT2D eigenvalue weighted by Crippen LogP contribution is 2.41. The lowest BCUT2D eigenvalue weighted by Gasteiger charge is -2.28. The van der Waals surface area contributed by atoms with Gasteiger partial charge in [-0.2, -0.15) is 0 Å². The van der Waals surface area contributed by atoms with Crippen molar-refractivity contribution in [3.63, 3.8) is 0 Å². The van der Waals surface area contributed by atoms with Gasteiger partial charge in [-0.3, -0.25) is 10.1 Å². The molecular weight excluding hydrogens is 274 g/mol. The van der Waals surface area contributed by atoms with Crippen LogP contribution in [0.25, 0.3) is 6.08 Å². The van der Waals surface area contributed by atoms with E-state index in [0.717, 1.165) is 19.3 Å². The van der Waals surface area contributed by atoms with Crippen molar-refractivity contribution in [2.24, 2.45) is 0 Å². The highest BCUT2D eigenvalue weighted by atomic mass is 16.6. The fraction of sp³-hybridized carbons (Fsp3) is 0.467. The second-order valence-corrected chi connectivity index (χ2v) is 4.97. The van der Waals surface area contributed by atoms with Crippen LogP contribution < -0.4 is 14.2 Å². The van der Waals surface area contributed by atoms with Gasteiger partial charge in [0.1, 0.15) is 0 Å². The topological polar surface area (TPSA) is 70.8 Å². The molecule has 114 valence electrons. The summed E-state index contributed by atoms with van der Waals surface area (Å²) < 4.78 is 16.6. The summed E-state index contributed by atoms with van der Waals surface area (Å²) in [6, 6.07) is 3.42. The number of hydrogen-bond acceptors (Lipinski definition) is 5. The predicted octanol–water partition coefficient (Wildman–Crippen LogP) is 3.27. The Kier molecular flexibility index (Phi) is 4.67. The van der Waals surface area contributed by atoms with Gasteiger partial charge in [0.15, 0.2) is 11.5 Å². The number of rotatable bonds is 6. The summed E-state index contributed by atoms with van der Waals surface area (Å²) in [6.45, 7) is 1.44. The second kappa shape index (κ2) is 6.47. The number of hydrogen-bond donors (Lipinski definition) is 0. The zero-order valence-corrected chi connectivity index (χ0v) is 12.4. The van der Waals surface area contributed by atoms with Gasteiger partial charge in [-0.15, -0.1) is 0 Å². The minimum Gasteiger partial charge on any atom is -0.493 e. The van der Waals surface area contributed by atoms with Crippen LogP contribution in [0.15, 0.2) is 17.8 Å². The van der Waals surface area contributed by atoms with Crippen molar-refractivity contribution < 1.29 is 19.1 Å². The summed E-state index contributed by atoms with van der Waals surface area (Å²) >= 11 is 0. The Morgan fingerprint density at radius 1 is 1.29 bits per heavy atom. The first-order chi connectivity index (χ1) is 10.0.